The second-order valence-corrected chi connectivity index (χ2v) is 10.8. The maximum absolute atomic E-state index is 13.7. The van der Waals surface area contributed by atoms with E-state index in [1.165, 1.54) is 21.6 Å². The minimum Gasteiger partial charge on any atom is -0.454 e. The highest BCUT2D eigenvalue weighted by Gasteiger charge is 2.75. The topological polar surface area (TPSA) is 82.9 Å². The lowest BCUT2D eigenvalue weighted by Crippen LogP contribution is -2.74. The monoisotopic (exact) mass is 429 g/mol. The quantitative estimate of drug-likeness (QED) is 0.539. The molecule has 4 atom stereocenters. The molecule has 4 saturated heterocycles. The van der Waals surface area contributed by atoms with Crippen molar-refractivity contribution in [1.29, 1.82) is 5.26 Å². The van der Waals surface area contributed by atoms with Crippen molar-refractivity contribution in [1.82, 2.24) is 9.80 Å². The lowest BCUT2D eigenvalue weighted by atomic mass is 9.79. The van der Waals surface area contributed by atoms with Crippen molar-refractivity contribution in [2.24, 2.45) is 5.41 Å². The van der Waals surface area contributed by atoms with Crippen LogP contribution in [0.3, 0.4) is 0 Å². The van der Waals surface area contributed by atoms with Gasteiger partial charge >= 0.3 is 0 Å². The van der Waals surface area contributed by atoms with Gasteiger partial charge in [-0.1, -0.05) is 33.7 Å². The number of ether oxygens (including phenoxy) is 2. The number of piperazine rings is 1. The number of fused-ring (bicyclic) bond motifs is 3. The van der Waals surface area contributed by atoms with Crippen LogP contribution in [0.25, 0.3) is 0 Å². The summed E-state index contributed by atoms with van der Waals surface area (Å²) in [6, 6.07) is 7.33. The van der Waals surface area contributed by atoms with Gasteiger partial charge in [0, 0.05) is 13.0 Å². The van der Waals surface area contributed by atoms with Crippen LogP contribution in [0.15, 0.2) is 30.9 Å². The zero-order chi connectivity index (χ0) is 20.6. The van der Waals surface area contributed by atoms with Crippen LogP contribution < -0.4 is 9.47 Å². The molecule has 29 heavy (non-hydrogen) atoms. The molecule has 0 radical (unpaired) electrons. The van der Waals surface area contributed by atoms with Gasteiger partial charge in [0.1, 0.15) is 0 Å². The summed E-state index contributed by atoms with van der Waals surface area (Å²) in [6.45, 7) is 7.78. The minimum absolute atomic E-state index is 0.132. The number of hydrogen-bond acceptors (Lipinski definition) is 7. The van der Waals surface area contributed by atoms with E-state index in [-0.39, 0.29) is 25.0 Å². The molecule has 1 aromatic carbocycles. The first kappa shape index (κ1) is 18.7. The summed E-state index contributed by atoms with van der Waals surface area (Å²) in [4.78, 5) is 28.5. The molecule has 5 heterocycles. The number of rotatable bonds is 3. The van der Waals surface area contributed by atoms with E-state index in [4.69, 9.17) is 9.47 Å². The number of nitriles is 1. The van der Waals surface area contributed by atoms with Crippen LogP contribution in [0.2, 0.25) is 0 Å². The number of carbonyl (C=O) groups is 2. The van der Waals surface area contributed by atoms with Crippen LogP contribution in [0, 0.1) is 16.7 Å². The highest BCUT2D eigenvalue weighted by Crippen LogP contribution is 2.69. The normalized spacial score (nSPS) is 36.9. The van der Waals surface area contributed by atoms with Gasteiger partial charge in [-0.15, -0.1) is 6.58 Å². The van der Waals surface area contributed by atoms with Crippen LogP contribution >= 0.6 is 21.6 Å². The standard InChI is InChI=1S/C20H19N3O4S2/c1-4-7-22-17(25)20-9-18(2,10-21)15(23(20)16(24)19(22,3)28-29-20)12-5-6-13-14(8-12)27-11-26-13/h4-6,8,15H,1,7,9,11H2,2-3H3/t15-,18+,19-,20-/m0/s1. The summed E-state index contributed by atoms with van der Waals surface area (Å²) in [7, 11) is 2.80. The lowest BCUT2D eigenvalue weighted by Gasteiger charge is -2.58. The Labute approximate surface area is 176 Å². The van der Waals surface area contributed by atoms with Gasteiger partial charge in [-0.3, -0.25) is 9.59 Å². The summed E-state index contributed by atoms with van der Waals surface area (Å²) < 4.78 is 10.9. The fourth-order valence-corrected chi connectivity index (χ4v) is 8.34. The molecular formula is C20H19N3O4S2. The fraction of sp³-hybridized carbons (Fsp3) is 0.450. The molecule has 2 bridgehead atoms. The first-order valence-electron chi connectivity index (χ1n) is 9.25. The van der Waals surface area contributed by atoms with E-state index in [9.17, 15) is 14.9 Å². The lowest BCUT2D eigenvalue weighted by molar-refractivity contribution is -0.165. The number of hydrogen-bond donors (Lipinski definition) is 0. The Hall–Kier alpha value is -2.31. The van der Waals surface area contributed by atoms with Crippen LogP contribution in [-0.4, -0.2) is 44.7 Å². The maximum Gasteiger partial charge on any atom is 0.261 e. The van der Waals surface area contributed by atoms with Crippen molar-refractivity contribution < 1.29 is 19.1 Å². The van der Waals surface area contributed by atoms with Crippen LogP contribution in [-0.2, 0) is 9.59 Å². The van der Waals surface area contributed by atoms with E-state index in [0.29, 0.717) is 18.0 Å². The molecule has 0 aliphatic carbocycles. The Kier molecular flexibility index (Phi) is 3.78. The van der Waals surface area contributed by atoms with Crippen LogP contribution in [0.5, 0.6) is 11.5 Å². The summed E-state index contributed by atoms with van der Waals surface area (Å²) >= 11 is 0. The smallest absolute Gasteiger partial charge is 0.261 e. The van der Waals surface area contributed by atoms with Crippen molar-refractivity contribution in [3.63, 3.8) is 0 Å². The molecule has 0 saturated carbocycles. The number of benzene rings is 1. The Morgan fingerprint density at radius 3 is 2.76 bits per heavy atom. The van der Waals surface area contributed by atoms with Crippen LogP contribution in [0.1, 0.15) is 31.9 Å². The van der Waals surface area contributed by atoms with Gasteiger partial charge in [-0.05, 0) is 31.5 Å². The molecule has 1 aromatic rings. The van der Waals surface area contributed by atoms with Crippen molar-refractivity contribution in [3.8, 4) is 17.6 Å². The minimum atomic E-state index is -1.10. The number of amides is 2. The number of nitrogens with zero attached hydrogens (tertiary/aromatic N) is 3. The third-order valence-corrected chi connectivity index (χ3v) is 9.83. The summed E-state index contributed by atoms with van der Waals surface area (Å²) in [6.07, 6.45) is 1.90. The largest absolute Gasteiger partial charge is 0.454 e. The Morgan fingerprint density at radius 1 is 1.28 bits per heavy atom. The first-order valence-corrected chi connectivity index (χ1v) is 11.4. The third kappa shape index (κ3) is 2.16. The molecule has 5 aliphatic heterocycles. The van der Waals surface area contributed by atoms with E-state index in [1.807, 2.05) is 19.1 Å². The predicted molar refractivity (Wildman–Crippen MR) is 109 cm³/mol. The van der Waals surface area contributed by atoms with E-state index in [2.05, 4.69) is 12.6 Å². The van der Waals surface area contributed by atoms with Crippen molar-refractivity contribution in [2.75, 3.05) is 13.3 Å². The van der Waals surface area contributed by atoms with Gasteiger partial charge in [-0.2, -0.15) is 5.26 Å². The average molecular weight is 430 g/mol. The van der Waals surface area contributed by atoms with E-state index in [1.54, 1.807) is 28.9 Å². The maximum atomic E-state index is 13.7. The van der Waals surface area contributed by atoms with Crippen molar-refractivity contribution in [2.45, 2.75) is 36.1 Å². The van der Waals surface area contributed by atoms with Crippen molar-refractivity contribution in [3.05, 3.63) is 36.4 Å². The van der Waals surface area contributed by atoms with Gasteiger partial charge in [0.25, 0.3) is 11.8 Å². The molecule has 0 N–H and O–H groups in total. The fourth-order valence-electron chi connectivity index (χ4n) is 4.80. The van der Waals surface area contributed by atoms with Crippen molar-refractivity contribution >= 4 is 33.4 Å². The van der Waals surface area contributed by atoms with E-state index in [0.717, 1.165) is 5.56 Å². The number of carbonyl (C=O) groups excluding carboxylic acids is 2. The highest BCUT2D eigenvalue weighted by molar-refractivity contribution is 8.78. The zero-order valence-electron chi connectivity index (χ0n) is 16.0. The Bertz CT molecular complexity index is 1010. The molecule has 9 heteroatoms. The molecule has 7 nitrogen and oxygen atoms in total. The van der Waals surface area contributed by atoms with Crippen LogP contribution in [0.4, 0.5) is 0 Å². The molecule has 4 fully saturated rings. The summed E-state index contributed by atoms with van der Waals surface area (Å²) in [5, 5.41) is 10.1. The van der Waals surface area contributed by atoms with E-state index >= 15 is 0 Å². The third-order valence-electron chi connectivity index (χ3n) is 6.19. The van der Waals surface area contributed by atoms with Gasteiger partial charge in [0.05, 0.1) is 17.5 Å². The average Bonchev–Trinajstić information content (AvgIpc) is 3.28. The molecule has 1 spiro atoms. The van der Waals surface area contributed by atoms with Gasteiger partial charge < -0.3 is 19.3 Å². The Balaban J connectivity index is 1.68. The molecule has 0 unspecified atom stereocenters. The van der Waals surface area contributed by atoms with Gasteiger partial charge in [-0.25, -0.2) is 0 Å². The summed E-state index contributed by atoms with van der Waals surface area (Å²) in [5.74, 6) is 0.945. The Morgan fingerprint density at radius 2 is 2.03 bits per heavy atom. The van der Waals surface area contributed by atoms with Gasteiger partial charge in [0.15, 0.2) is 21.2 Å². The highest BCUT2D eigenvalue weighted by atomic mass is 33.1. The molecule has 5 aliphatic rings. The van der Waals surface area contributed by atoms with Gasteiger partial charge in [0.2, 0.25) is 6.79 Å². The molecule has 2 amide bonds. The SMILES string of the molecule is C=CCN1C(=O)[C@@]23C[C@](C)(C#N)[C@H](c4ccc5c(c4)OCO5)N2C(=O)[C@]1(C)SS3. The first-order chi connectivity index (χ1) is 13.8. The second kappa shape index (κ2) is 5.86. The zero-order valence-corrected chi connectivity index (χ0v) is 17.6. The summed E-state index contributed by atoms with van der Waals surface area (Å²) in [5.41, 5.74) is -0.157. The molecule has 150 valence electrons. The predicted octanol–water partition coefficient (Wildman–Crippen LogP) is 3.05. The molecular weight excluding hydrogens is 410 g/mol. The molecule has 6 rings (SSSR count). The second-order valence-electron chi connectivity index (χ2n) is 8.03. The van der Waals surface area contributed by atoms with E-state index < -0.39 is 21.2 Å². The molecule has 0 aromatic heterocycles.